The maximum Gasteiger partial charge on any atom is 0.238 e. The minimum atomic E-state index is -0.680. The Morgan fingerprint density at radius 1 is 0.753 bits per heavy atom. The van der Waals surface area contributed by atoms with Crippen LogP contribution in [0.15, 0.2) is 54.9 Å². The van der Waals surface area contributed by atoms with Gasteiger partial charge in [-0.2, -0.15) is 0 Å². The lowest BCUT2D eigenvalue weighted by Gasteiger charge is -2.48. The van der Waals surface area contributed by atoms with Crippen LogP contribution in [-0.4, -0.2) is 122 Å². The molecular formula is C58H74N10O5. The number of nitrogens with one attached hydrogen (secondary N) is 3. The third kappa shape index (κ3) is 8.98. The predicted molar refractivity (Wildman–Crippen MR) is 282 cm³/mol. The van der Waals surface area contributed by atoms with Crippen molar-refractivity contribution in [3.8, 4) is 11.3 Å². The lowest BCUT2D eigenvalue weighted by molar-refractivity contribution is -0.150. The van der Waals surface area contributed by atoms with Gasteiger partial charge in [-0.1, -0.05) is 37.6 Å². The molecule has 12 rings (SSSR count). The third-order valence-electron chi connectivity index (χ3n) is 18.7. The first-order valence-corrected chi connectivity index (χ1v) is 28.0. The molecule has 1 atom stereocenters. The number of carbonyl (C=O) groups excluding carboxylic acids is 5. The quantitative estimate of drug-likeness (QED) is 0.125. The molecule has 2 aromatic carbocycles. The van der Waals surface area contributed by atoms with Crippen LogP contribution in [0.2, 0.25) is 0 Å². The average molecular weight is 991 g/mol. The van der Waals surface area contributed by atoms with Crippen LogP contribution in [0.4, 0.5) is 17.2 Å². The van der Waals surface area contributed by atoms with Crippen LogP contribution in [0.3, 0.4) is 0 Å². The fourth-order valence-corrected chi connectivity index (χ4v) is 13.8. The summed E-state index contributed by atoms with van der Waals surface area (Å²) in [6.07, 6.45) is 16.8. The molecule has 15 nitrogen and oxygen atoms in total. The van der Waals surface area contributed by atoms with Gasteiger partial charge in [0.1, 0.15) is 5.52 Å². The molecule has 3 aliphatic carbocycles. The minimum Gasteiger partial charge on any atom is -0.382 e. The summed E-state index contributed by atoms with van der Waals surface area (Å²) in [6.45, 7) is 11.0. The maximum absolute atomic E-state index is 15.3. The van der Waals surface area contributed by atoms with Gasteiger partial charge in [0.15, 0.2) is 5.82 Å². The highest BCUT2D eigenvalue weighted by molar-refractivity contribution is 6.09. The van der Waals surface area contributed by atoms with Gasteiger partial charge in [-0.25, -0.2) is 9.97 Å². The lowest BCUT2D eigenvalue weighted by atomic mass is 9.72. The number of imide groups is 1. The van der Waals surface area contributed by atoms with Crippen molar-refractivity contribution < 1.29 is 24.0 Å². The van der Waals surface area contributed by atoms with Gasteiger partial charge in [-0.15, -0.1) is 0 Å². The number of carbonyl (C=O) groups is 5. The highest BCUT2D eigenvalue weighted by atomic mass is 16.2. The molecule has 2 aromatic heterocycles. The number of anilines is 3. The number of aromatic nitrogens is 3. The maximum atomic E-state index is 15.3. The first-order valence-electron chi connectivity index (χ1n) is 28.0. The second-order valence-corrected chi connectivity index (χ2v) is 23.7. The molecule has 1 spiro atoms. The lowest BCUT2D eigenvalue weighted by Crippen LogP contribution is -2.59. The third-order valence-corrected chi connectivity index (χ3v) is 18.7. The summed E-state index contributed by atoms with van der Waals surface area (Å²) < 4.78 is 2.20. The zero-order valence-electron chi connectivity index (χ0n) is 43.2. The fourth-order valence-electron chi connectivity index (χ4n) is 13.8. The van der Waals surface area contributed by atoms with Crippen LogP contribution >= 0.6 is 0 Å². The van der Waals surface area contributed by atoms with E-state index in [0.717, 1.165) is 115 Å². The molecule has 0 bridgehead atoms. The number of nitrogens with zero attached hydrogens (tertiary/aromatic N) is 7. The molecule has 5 aliphatic heterocycles. The Balaban J connectivity index is 0.691. The van der Waals surface area contributed by atoms with E-state index in [1.807, 2.05) is 40.4 Å². The van der Waals surface area contributed by atoms with Gasteiger partial charge in [0.05, 0.1) is 28.9 Å². The highest BCUT2D eigenvalue weighted by Gasteiger charge is 2.56. The Labute approximate surface area is 429 Å². The molecule has 3 saturated carbocycles. The Bertz CT molecular complexity index is 2780. The second kappa shape index (κ2) is 19.1. The Morgan fingerprint density at radius 3 is 2.12 bits per heavy atom. The number of amides is 5. The fraction of sp³-hybridized carbons (Fsp3) is 0.603. The Morgan fingerprint density at radius 2 is 1.44 bits per heavy atom. The topological polar surface area (TPSA) is 165 Å². The van der Waals surface area contributed by atoms with Crippen LogP contribution in [-0.2, 0) is 29.4 Å². The van der Waals surface area contributed by atoms with E-state index in [2.05, 4.69) is 75.4 Å². The zero-order valence-corrected chi connectivity index (χ0v) is 43.2. The van der Waals surface area contributed by atoms with E-state index in [1.54, 1.807) is 0 Å². The van der Waals surface area contributed by atoms with Gasteiger partial charge >= 0.3 is 0 Å². The van der Waals surface area contributed by atoms with Crippen molar-refractivity contribution in [2.75, 3.05) is 54.8 Å². The standard InChI is InChI=1S/C58H74N10O5/c1-36(2)67-35-59-48-34-47(62-52(51(48)67)61-42-16-17-42)39-11-19-46-49(31-39)68(44-32-43(33-44)64-25-5-4-6-26-64)56(73)58(46)23-29-66(30-24-58)55(72)57(3)21-27-65(28-22-57)54(71)38-9-14-41(15-10-38)60-40-12-7-37(8-13-40)45-18-20-50(69)63-53(45)70/h7-8,11-13,19,31,34-36,38,41-45,60H,4-6,9-10,14-18,20-30,32-33H2,1-3H3,(H,61,62)(H,63,69,70)/t38?,41?,43?,44?,45-/m1/s1. The number of imidazole rings is 1. The summed E-state index contributed by atoms with van der Waals surface area (Å²) in [5.74, 6) is 0.705. The number of fused-ring (bicyclic) bond motifs is 3. The molecule has 15 heteroatoms. The van der Waals surface area contributed by atoms with Crippen molar-refractivity contribution in [3.63, 3.8) is 0 Å². The van der Waals surface area contributed by atoms with Crippen LogP contribution in [0.1, 0.15) is 153 Å². The van der Waals surface area contributed by atoms with Gasteiger partial charge in [0.2, 0.25) is 29.5 Å². The van der Waals surface area contributed by atoms with Crippen molar-refractivity contribution in [2.24, 2.45) is 11.3 Å². The van der Waals surface area contributed by atoms with Gasteiger partial charge in [0, 0.05) is 91.1 Å². The molecule has 4 saturated heterocycles. The van der Waals surface area contributed by atoms with E-state index < -0.39 is 10.8 Å². The smallest absolute Gasteiger partial charge is 0.238 e. The summed E-state index contributed by atoms with van der Waals surface area (Å²) in [6, 6.07) is 18.3. The van der Waals surface area contributed by atoms with Gasteiger partial charge in [-0.3, -0.25) is 29.3 Å². The summed E-state index contributed by atoms with van der Waals surface area (Å²) >= 11 is 0. The molecule has 3 N–H and O–H groups in total. The number of rotatable bonds is 11. The SMILES string of the molecule is CC(C)n1cnc2cc(-c3ccc4c(c3)N(C3CC(N5CCCCC5)C3)C(=O)C43CCN(C(=O)C4(C)CCN(C(=O)C5CCC(Nc6ccc([C@H]7CCC(=O)NC7=O)cc6)CC5)CC4)CC3)nc(NC3CC3)c21. The molecule has 4 aromatic rings. The molecule has 7 heterocycles. The molecule has 386 valence electrons. The molecular weight excluding hydrogens is 917 g/mol. The largest absolute Gasteiger partial charge is 0.382 e. The number of benzene rings is 2. The van der Waals surface area contributed by atoms with Gasteiger partial charge in [-0.05, 0) is 159 Å². The van der Waals surface area contributed by atoms with E-state index in [9.17, 15) is 19.2 Å². The van der Waals surface area contributed by atoms with Gasteiger partial charge < -0.3 is 34.8 Å². The molecule has 0 radical (unpaired) electrons. The number of piperidine rings is 4. The Kier molecular flexibility index (Phi) is 12.6. The first kappa shape index (κ1) is 48.1. The van der Waals surface area contributed by atoms with E-state index in [1.165, 1.54) is 19.3 Å². The summed E-state index contributed by atoms with van der Waals surface area (Å²) in [5, 5.41) is 9.80. The van der Waals surface area contributed by atoms with Crippen LogP contribution < -0.4 is 20.9 Å². The molecule has 5 amide bonds. The second-order valence-electron chi connectivity index (χ2n) is 23.7. The monoisotopic (exact) mass is 991 g/mol. The minimum absolute atomic E-state index is 0.0133. The number of pyridine rings is 1. The predicted octanol–water partition coefficient (Wildman–Crippen LogP) is 8.30. The summed E-state index contributed by atoms with van der Waals surface area (Å²) in [7, 11) is 0. The van der Waals surface area contributed by atoms with Crippen LogP contribution in [0.5, 0.6) is 0 Å². The van der Waals surface area contributed by atoms with Crippen LogP contribution in [0.25, 0.3) is 22.3 Å². The van der Waals surface area contributed by atoms with Crippen molar-refractivity contribution in [1.29, 1.82) is 0 Å². The zero-order chi connectivity index (χ0) is 50.2. The number of likely N-dealkylation sites (tertiary alicyclic amines) is 3. The first-order chi connectivity index (χ1) is 35.3. The van der Waals surface area contributed by atoms with Gasteiger partial charge in [0.25, 0.3) is 0 Å². The van der Waals surface area contributed by atoms with Crippen molar-refractivity contribution in [3.05, 3.63) is 66.0 Å². The number of hydrogen-bond donors (Lipinski definition) is 3. The highest BCUT2D eigenvalue weighted by Crippen LogP contribution is 2.53. The Hall–Kier alpha value is -5.83. The van der Waals surface area contributed by atoms with E-state index in [4.69, 9.17) is 9.97 Å². The van der Waals surface area contributed by atoms with E-state index in [-0.39, 0.29) is 59.5 Å². The summed E-state index contributed by atoms with van der Waals surface area (Å²) in [5.41, 5.74) is 6.59. The average Bonchev–Trinajstić information content (AvgIpc) is 4.06. The van der Waals surface area contributed by atoms with Crippen LogP contribution in [0, 0.1) is 11.3 Å². The normalized spacial score (nSPS) is 27.3. The van der Waals surface area contributed by atoms with Crippen molar-refractivity contribution in [2.45, 2.75) is 171 Å². The molecule has 73 heavy (non-hydrogen) atoms. The van der Waals surface area contributed by atoms with Crippen molar-refractivity contribution >= 4 is 57.8 Å². The molecule has 8 aliphatic rings. The molecule has 7 fully saturated rings. The van der Waals surface area contributed by atoms with E-state index in [0.29, 0.717) is 76.8 Å². The van der Waals surface area contributed by atoms with E-state index >= 15 is 4.79 Å². The van der Waals surface area contributed by atoms with Crippen molar-refractivity contribution in [1.82, 2.24) is 34.6 Å². The summed E-state index contributed by atoms with van der Waals surface area (Å²) in [4.78, 5) is 86.8. The molecule has 0 unspecified atom stereocenters. The number of hydrogen-bond acceptors (Lipinski definition) is 10.